The smallest absolute Gasteiger partial charge is 0.0462 e. The molecule has 0 bridgehead atoms. The Balaban J connectivity index is 0.000000409. The Morgan fingerprint density at radius 3 is 1.14 bits per heavy atom. The molecule has 1 saturated carbocycles. The van der Waals surface area contributed by atoms with E-state index in [9.17, 15) is 0 Å². The van der Waals surface area contributed by atoms with Crippen LogP contribution in [0.1, 0.15) is 122 Å². The van der Waals surface area contributed by atoms with Crippen molar-refractivity contribution in [3.05, 3.63) is 0 Å². The Hall–Kier alpha value is -0.0400. The Morgan fingerprint density at radius 2 is 0.818 bits per heavy atom. The third-order valence-corrected chi connectivity index (χ3v) is 4.70. The molecule has 1 fully saturated rings. The maximum absolute atomic E-state index is 4.95. The van der Waals surface area contributed by atoms with Crippen LogP contribution in [0.3, 0.4) is 0 Å². The van der Waals surface area contributed by atoms with Gasteiger partial charge in [0.25, 0.3) is 0 Å². The summed E-state index contributed by atoms with van der Waals surface area (Å²) in [5.74, 6) is 0. The SMILES string of the molecule is C1CCCCCCCCCCC1.CCCCCCCCOC. The van der Waals surface area contributed by atoms with Crippen LogP contribution in [-0.4, -0.2) is 13.7 Å². The summed E-state index contributed by atoms with van der Waals surface area (Å²) in [7, 11) is 1.77. The van der Waals surface area contributed by atoms with Crippen molar-refractivity contribution in [2.45, 2.75) is 122 Å². The van der Waals surface area contributed by atoms with Gasteiger partial charge in [-0.05, 0) is 6.42 Å². The van der Waals surface area contributed by atoms with Crippen molar-refractivity contribution < 1.29 is 4.74 Å². The van der Waals surface area contributed by atoms with E-state index >= 15 is 0 Å². The van der Waals surface area contributed by atoms with Crippen molar-refractivity contribution in [1.29, 1.82) is 0 Å². The van der Waals surface area contributed by atoms with Crippen LogP contribution in [0, 0.1) is 0 Å². The molecule has 0 atom stereocenters. The molecule has 1 aliphatic carbocycles. The molecule has 0 radical (unpaired) electrons. The Morgan fingerprint density at radius 1 is 0.500 bits per heavy atom. The lowest BCUT2D eigenvalue weighted by molar-refractivity contribution is 0.192. The molecule has 0 unspecified atom stereocenters. The molecule has 1 heteroatoms. The van der Waals surface area contributed by atoms with E-state index in [1.54, 1.807) is 7.11 Å². The van der Waals surface area contributed by atoms with Crippen molar-refractivity contribution in [3.8, 4) is 0 Å². The maximum Gasteiger partial charge on any atom is 0.0462 e. The fourth-order valence-electron chi connectivity index (χ4n) is 3.15. The monoisotopic (exact) mass is 312 g/mol. The van der Waals surface area contributed by atoms with Gasteiger partial charge in [0.05, 0.1) is 0 Å². The molecule has 1 rings (SSSR count). The Bertz CT molecular complexity index is 128. The van der Waals surface area contributed by atoms with E-state index in [4.69, 9.17) is 4.74 Å². The lowest BCUT2D eigenvalue weighted by atomic mass is 10.0. The third kappa shape index (κ3) is 20.0. The van der Waals surface area contributed by atoms with E-state index in [2.05, 4.69) is 6.92 Å². The highest BCUT2D eigenvalue weighted by molar-refractivity contribution is 4.51. The molecule has 0 aromatic carbocycles. The molecule has 22 heavy (non-hydrogen) atoms. The first-order valence-electron chi connectivity index (χ1n) is 10.4. The predicted octanol–water partition coefficient (Wildman–Crippen LogP) is 7.67. The topological polar surface area (TPSA) is 9.23 Å². The summed E-state index contributed by atoms with van der Waals surface area (Å²) in [5.41, 5.74) is 0. The number of rotatable bonds is 7. The maximum atomic E-state index is 4.95. The third-order valence-electron chi connectivity index (χ3n) is 4.70. The van der Waals surface area contributed by atoms with Gasteiger partial charge in [0.15, 0.2) is 0 Å². The lowest BCUT2D eigenvalue weighted by Gasteiger charge is -2.05. The van der Waals surface area contributed by atoms with E-state index in [-0.39, 0.29) is 0 Å². The van der Waals surface area contributed by atoms with E-state index < -0.39 is 0 Å². The number of methoxy groups -OCH3 is 1. The lowest BCUT2D eigenvalue weighted by Crippen LogP contribution is -1.87. The summed E-state index contributed by atoms with van der Waals surface area (Å²) >= 11 is 0. The summed E-state index contributed by atoms with van der Waals surface area (Å²) in [4.78, 5) is 0. The van der Waals surface area contributed by atoms with Gasteiger partial charge in [-0.1, -0.05) is 116 Å². The molecular weight excluding hydrogens is 268 g/mol. The van der Waals surface area contributed by atoms with Gasteiger partial charge < -0.3 is 4.74 Å². The fraction of sp³-hybridized carbons (Fsp3) is 1.00. The largest absolute Gasteiger partial charge is 0.385 e. The summed E-state index contributed by atoms with van der Waals surface area (Å²) < 4.78 is 4.95. The van der Waals surface area contributed by atoms with Gasteiger partial charge in [0, 0.05) is 13.7 Å². The summed E-state index contributed by atoms with van der Waals surface area (Å²) in [6.45, 7) is 3.18. The minimum absolute atomic E-state index is 0.937. The van der Waals surface area contributed by atoms with Crippen molar-refractivity contribution in [2.24, 2.45) is 0 Å². The second-order valence-electron chi connectivity index (χ2n) is 7.00. The van der Waals surface area contributed by atoms with Gasteiger partial charge in [0.1, 0.15) is 0 Å². The molecule has 0 aliphatic heterocycles. The highest BCUT2D eigenvalue weighted by atomic mass is 16.5. The van der Waals surface area contributed by atoms with Crippen LogP contribution >= 0.6 is 0 Å². The van der Waals surface area contributed by atoms with Crippen LogP contribution < -0.4 is 0 Å². The second kappa shape index (κ2) is 21.0. The number of hydrogen-bond donors (Lipinski definition) is 0. The van der Waals surface area contributed by atoms with Crippen molar-refractivity contribution in [3.63, 3.8) is 0 Å². The standard InChI is InChI=1S/C12H24.C9H20O/c1-2-4-6-8-10-12-11-9-7-5-3-1;1-3-4-5-6-7-8-9-10-2/h1-12H2;3-9H2,1-2H3. The van der Waals surface area contributed by atoms with E-state index in [0.717, 1.165) is 6.61 Å². The first kappa shape index (κ1) is 22.0. The molecule has 0 saturated heterocycles. The average Bonchev–Trinajstić information content (AvgIpc) is 2.52. The van der Waals surface area contributed by atoms with Gasteiger partial charge in [0.2, 0.25) is 0 Å². The van der Waals surface area contributed by atoms with E-state index in [0.29, 0.717) is 0 Å². The number of unbranched alkanes of at least 4 members (excludes halogenated alkanes) is 5. The highest BCUT2D eigenvalue weighted by Gasteiger charge is 1.96. The van der Waals surface area contributed by atoms with Crippen molar-refractivity contribution in [2.75, 3.05) is 13.7 Å². The van der Waals surface area contributed by atoms with Crippen LogP contribution in [-0.2, 0) is 4.74 Å². The van der Waals surface area contributed by atoms with Crippen LogP contribution in [0.4, 0.5) is 0 Å². The summed E-state index contributed by atoms with van der Waals surface area (Å²) in [5, 5.41) is 0. The second-order valence-corrected chi connectivity index (χ2v) is 7.00. The molecule has 0 N–H and O–H groups in total. The first-order valence-corrected chi connectivity index (χ1v) is 10.4. The molecule has 0 aromatic rings. The van der Waals surface area contributed by atoms with Crippen LogP contribution in [0.5, 0.6) is 0 Å². The zero-order valence-electron chi connectivity index (χ0n) is 15.8. The number of ether oxygens (including phenoxy) is 1. The van der Waals surface area contributed by atoms with Crippen molar-refractivity contribution in [1.82, 2.24) is 0 Å². The molecule has 0 spiro atoms. The van der Waals surface area contributed by atoms with Crippen LogP contribution in [0.15, 0.2) is 0 Å². The average molecular weight is 313 g/mol. The zero-order valence-corrected chi connectivity index (χ0v) is 15.8. The molecule has 134 valence electrons. The van der Waals surface area contributed by atoms with E-state index in [1.165, 1.54) is 116 Å². The predicted molar refractivity (Wildman–Crippen MR) is 101 cm³/mol. The first-order chi connectivity index (χ1) is 10.9. The summed E-state index contributed by atoms with van der Waals surface area (Å²) in [6.07, 6.45) is 26.1. The highest BCUT2D eigenvalue weighted by Crippen LogP contribution is 2.15. The molecule has 1 nitrogen and oxygen atoms in total. The van der Waals surface area contributed by atoms with Gasteiger partial charge in [-0.2, -0.15) is 0 Å². The van der Waals surface area contributed by atoms with Gasteiger partial charge in [-0.25, -0.2) is 0 Å². The van der Waals surface area contributed by atoms with Gasteiger partial charge in [-0.3, -0.25) is 0 Å². The Labute approximate surface area is 141 Å². The molecular formula is C21H44O. The van der Waals surface area contributed by atoms with Crippen LogP contribution in [0.25, 0.3) is 0 Å². The molecule has 0 heterocycles. The normalized spacial score (nSPS) is 17.7. The van der Waals surface area contributed by atoms with Gasteiger partial charge >= 0.3 is 0 Å². The fourth-order valence-corrected chi connectivity index (χ4v) is 3.15. The molecule has 0 aromatic heterocycles. The Kier molecular flexibility index (Phi) is 20.9. The zero-order chi connectivity index (χ0) is 16.1. The van der Waals surface area contributed by atoms with Crippen molar-refractivity contribution >= 4 is 0 Å². The summed E-state index contributed by atoms with van der Waals surface area (Å²) in [6, 6.07) is 0. The minimum Gasteiger partial charge on any atom is -0.385 e. The molecule has 0 amide bonds. The number of hydrogen-bond acceptors (Lipinski definition) is 1. The quantitative estimate of drug-likeness (QED) is 0.438. The molecule has 1 aliphatic rings. The van der Waals surface area contributed by atoms with Gasteiger partial charge in [-0.15, -0.1) is 0 Å². The minimum atomic E-state index is 0.937. The van der Waals surface area contributed by atoms with E-state index in [1.807, 2.05) is 0 Å². The van der Waals surface area contributed by atoms with Crippen LogP contribution in [0.2, 0.25) is 0 Å².